The normalized spacial score (nSPS) is 27.7. The van der Waals surface area contributed by atoms with Gasteiger partial charge in [0.25, 0.3) is 0 Å². The van der Waals surface area contributed by atoms with Gasteiger partial charge in [-0.15, -0.1) is 0 Å². The predicted molar refractivity (Wildman–Crippen MR) is 87.7 cm³/mol. The van der Waals surface area contributed by atoms with Crippen LogP contribution in [0.25, 0.3) is 0 Å². The third-order valence-electron chi connectivity index (χ3n) is 5.25. The topological polar surface area (TPSA) is 31.4 Å². The second-order valence-corrected chi connectivity index (χ2v) is 6.51. The van der Waals surface area contributed by atoms with Gasteiger partial charge in [0, 0.05) is 37.4 Å². The summed E-state index contributed by atoms with van der Waals surface area (Å²) in [6, 6.07) is 6.28. The first-order chi connectivity index (χ1) is 10.2. The first kappa shape index (κ1) is 14.8. The van der Waals surface area contributed by atoms with Gasteiger partial charge in [0.2, 0.25) is 0 Å². The largest absolute Gasteiger partial charge is 0.355 e. The van der Waals surface area contributed by atoms with Gasteiger partial charge in [0.05, 0.1) is 0 Å². The van der Waals surface area contributed by atoms with Crippen molar-refractivity contribution >= 4 is 5.82 Å². The van der Waals surface area contributed by atoms with Crippen LogP contribution >= 0.6 is 0 Å². The van der Waals surface area contributed by atoms with E-state index in [2.05, 4.69) is 53.1 Å². The molecule has 1 aromatic rings. The minimum atomic E-state index is 0.392. The van der Waals surface area contributed by atoms with E-state index in [1.54, 1.807) is 0 Å². The van der Waals surface area contributed by atoms with Gasteiger partial charge in [0.1, 0.15) is 5.82 Å². The van der Waals surface area contributed by atoms with Crippen molar-refractivity contribution in [1.29, 1.82) is 0 Å². The van der Waals surface area contributed by atoms with Crippen molar-refractivity contribution in [2.45, 2.75) is 51.2 Å². The van der Waals surface area contributed by atoms with E-state index in [0.717, 1.165) is 31.5 Å². The van der Waals surface area contributed by atoms with E-state index in [1.807, 2.05) is 6.20 Å². The van der Waals surface area contributed by atoms with Crippen molar-refractivity contribution in [2.75, 3.05) is 31.6 Å². The number of nitrogens with zero attached hydrogens (tertiary/aromatic N) is 3. The van der Waals surface area contributed by atoms with Crippen LogP contribution in [-0.2, 0) is 0 Å². The third kappa shape index (κ3) is 3.06. The fourth-order valence-corrected chi connectivity index (χ4v) is 3.82. The third-order valence-corrected chi connectivity index (χ3v) is 5.25. The summed E-state index contributed by atoms with van der Waals surface area (Å²) in [5.41, 5.74) is 1.34. The smallest absolute Gasteiger partial charge is 0.128 e. The summed E-state index contributed by atoms with van der Waals surface area (Å²) in [6.45, 7) is 7.63. The maximum absolute atomic E-state index is 4.64. The Morgan fingerprint density at radius 3 is 2.95 bits per heavy atom. The Morgan fingerprint density at radius 1 is 1.33 bits per heavy atom. The van der Waals surface area contributed by atoms with Crippen molar-refractivity contribution in [2.24, 2.45) is 0 Å². The zero-order valence-corrected chi connectivity index (χ0v) is 13.5. The van der Waals surface area contributed by atoms with Crippen LogP contribution < -0.4 is 10.2 Å². The fourth-order valence-electron chi connectivity index (χ4n) is 3.82. The molecule has 2 aliphatic rings. The maximum atomic E-state index is 4.64. The maximum Gasteiger partial charge on any atom is 0.128 e. The van der Waals surface area contributed by atoms with Gasteiger partial charge in [0.15, 0.2) is 0 Å². The Morgan fingerprint density at radius 2 is 2.14 bits per heavy atom. The lowest BCUT2D eigenvalue weighted by Gasteiger charge is -2.27. The molecule has 0 aromatic carbocycles. The number of likely N-dealkylation sites (N-methyl/N-ethyl adjacent to an activating group) is 1. The van der Waals surface area contributed by atoms with E-state index in [4.69, 9.17) is 0 Å². The highest BCUT2D eigenvalue weighted by Gasteiger charge is 2.34. The van der Waals surface area contributed by atoms with E-state index in [0.29, 0.717) is 12.1 Å². The first-order valence-electron chi connectivity index (χ1n) is 8.35. The summed E-state index contributed by atoms with van der Waals surface area (Å²) in [5, 5.41) is 3.48. The molecular weight excluding hydrogens is 260 g/mol. The summed E-state index contributed by atoms with van der Waals surface area (Å²) in [7, 11) is 2.29. The molecule has 1 aromatic heterocycles. The summed E-state index contributed by atoms with van der Waals surface area (Å²) < 4.78 is 0. The minimum Gasteiger partial charge on any atom is -0.355 e. The molecular formula is C17H28N4. The van der Waals surface area contributed by atoms with Crippen molar-refractivity contribution in [3.63, 3.8) is 0 Å². The van der Waals surface area contributed by atoms with Crippen molar-refractivity contribution < 1.29 is 0 Å². The molecule has 21 heavy (non-hydrogen) atoms. The minimum absolute atomic E-state index is 0.392. The van der Waals surface area contributed by atoms with Gasteiger partial charge in [-0.1, -0.05) is 6.92 Å². The first-order valence-corrected chi connectivity index (χ1v) is 8.35. The van der Waals surface area contributed by atoms with Gasteiger partial charge in [-0.25, -0.2) is 4.98 Å². The summed E-state index contributed by atoms with van der Waals surface area (Å²) in [6.07, 6.45) is 5.94. The molecule has 1 N–H and O–H groups in total. The summed E-state index contributed by atoms with van der Waals surface area (Å²) in [5.74, 6) is 1.15. The van der Waals surface area contributed by atoms with Gasteiger partial charge in [-0.05, 0) is 57.5 Å². The fraction of sp³-hybridized carbons (Fsp3) is 0.706. The molecule has 4 heteroatoms. The summed E-state index contributed by atoms with van der Waals surface area (Å²) in [4.78, 5) is 9.71. The van der Waals surface area contributed by atoms with E-state index in [1.165, 1.54) is 24.8 Å². The molecule has 2 saturated heterocycles. The molecule has 0 aliphatic carbocycles. The quantitative estimate of drug-likeness (QED) is 0.922. The average Bonchev–Trinajstić information content (AvgIpc) is 2.72. The predicted octanol–water partition coefficient (Wildman–Crippen LogP) is 2.42. The lowest BCUT2D eigenvalue weighted by molar-refractivity contribution is 0.254. The van der Waals surface area contributed by atoms with Crippen LogP contribution in [0.3, 0.4) is 0 Å². The molecule has 116 valence electrons. The number of rotatable bonds is 4. The zero-order chi connectivity index (χ0) is 14.8. The number of fused-ring (bicyclic) bond motifs is 2. The molecule has 3 heterocycles. The number of nitrogens with one attached hydrogen (secondary N) is 1. The van der Waals surface area contributed by atoms with Gasteiger partial charge >= 0.3 is 0 Å². The SMILES string of the molecule is CCNC(C)c1ccnc(N2CCC3CCC(C2)N3C)c1. The number of pyridine rings is 1. The Hall–Kier alpha value is -1.13. The van der Waals surface area contributed by atoms with E-state index in [-0.39, 0.29) is 0 Å². The lowest BCUT2D eigenvalue weighted by Crippen LogP contribution is -2.37. The van der Waals surface area contributed by atoms with Crippen LogP contribution in [0.4, 0.5) is 5.82 Å². The highest BCUT2D eigenvalue weighted by atomic mass is 15.3. The molecule has 3 atom stereocenters. The molecule has 2 aliphatic heterocycles. The lowest BCUT2D eigenvalue weighted by atomic mass is 10.1. The average molecular weight is 288 g/mol. The number of hydrogen-bond acceptors (Lipinski definition) is 4. The Balaban J connectivity index is 1.76. The molecule has 2 fully saturated rings. The van der Waals surface area contributed by atoms with E-state index >= 15 is 0 Å². The molecule has 0 amide bonds. The monoisotopic (exact) mass is 288 g/mol. The molecule has 3 rings (SSSR count). The van der Waals surface area contributed by atoms with Crippen LogP contribution in [0.1, 0.15) is 44.7 Å². The van der Waals surface area contributed by atoms with Crippen molar-refractivity contribution in [3.05, 3.63) is 23.9 Å². The highest BCUT2D eigenvalue weighted by Crippen LogP contribution is 2.30. The Bertz CT molecular complexity index is 476. The number of anilines is 1. The van der Waals surface area contributed by atoms with Crippen LogP contribution in [0.2, 0.25) is 0 Å². The molecule has 0 radical (unpaired) electrons. The summed E-state index contributed by atoms with van der Waals surface area (Å²) >= 11 is 0. The zero-order valence-electron chi connectivity index (χ0n) is 13.5. The molecule has 0 saturated carbocycles. The second kappa shape index (κ2) is 6.32. The Labute approximate surface area is 128 Å². The highest BCUT2D eigenvalue weighted by molar-refractivity contribution is 5.42. The van der Waals surface area contributed by atoms with Crippen LogP contribution in [0, 0.1) is 0 Å². The van der Waals surface area contributed by atoms with Crippen LogP contribution in [0.15, 0.2) is 18.3 Å². The van der Waals surface area contributed by atoms with Gasteiger partial charge in [-0.3, -0.25) is 4.90 Å². The van der Waals surface area contributed by atoms with Gasteiger partial charge < -0.3 is 10.2 Å². The van der Waals surface area contributed by atoms with E-state index in [9.17, 15) is 0 Å². The van der Waals surface area contributed by atoms with Gasteiger partial charge in [-0.2, -0.15) is 0 Å². The number of hydrogen-bond donors (Lipinski definition) is 1. The molecule has 0 spiro atoms. The second-order valence-electron chi connectivity index (χ2n) is 6.51. The van der Waals surface area contributed by atoms with Crippen LogP contribution in [0.5, 0.6) is 0 Å². The molecule has 4 nitrogen and oxygen atoms in total. The Kier molecular flexibility index (Phi) is 4.45. The molecule has 2 bridgehead atoms. The van der Waals surface area contributed by atoms with Crippen LogP contribution in [-0.4, -0.2) is 48.6 Å². The molecule has 3 unspecified atom stereocenters. The van der Waals surface area contributed by atoms with E-state index < -0.39 is 0 Å². The van der Waals surface area contributed by atoms with Crippen molar-refractivity contribution in [1.82, 2.24) is 15.2 Å². The number of aromatic nitrogens is 1. The van der Waals surface area contributed by atoms with Crippen molar-refractivity contribution in [3.8, 4) is 0 Å². The standard InChI is InChI=1S/C17H28N4/c1-4-18-13(2)14-7-9-19-17(11-14)21-10-8-15-5-6-16(12-21)20(15)3/h7,9,11,13,15-16,18H,4-6,8,10,12H2,1-3H3.